The molecule has 0 unspecified atom stereocenters. The summed E-state index contributed by atoms with van der Waals surface area (Å²) in [5.74, 6) is 0. The number of anilines is 6. The quantitative estimate of drug-likeness (QED) is 0.160. The third kappa shape index (κ3) is 4.44. The zero-order valence-corrected chi connectivity index (χ0v) is 29.9. The van der Waals surface area contributed by atoms with E-state index < -0.39 is 0 Å². The number of para-hydroxylation sites is 4. The van der Waals surface area contributed by atoms with Crippen LogP contribution in [0.1, 0.15) is 0 Å². The fourth-order valence-electron chi connectivity index (χ4n) is 8.76. The maximum Gasteiger partial charge on any atom is 0.159 e. The lowest BCUT2D eigenvalue weighted by Gasteiger charge is -2.29. The van der Waals surface area contributed by atoms with Crippen LogP contribution in [0.15, 0.2) is 191 Å². The fourth-order valence-corrected chi connectivity index (χ4v) is 8.76. The lowest BCUT2D eigenvalue weighted by molar-refractivity contribution is 0.668. The second kappa shape index (κ2) is 11.9. The molecule has 4 heterocycles. The van der Waals surface area contributed by atoms with Gasteiger partial charge in [-0.05, 0) is 82.2 Å². The molecule has 0 bridgehead atoms. The van der Waals surface area contributed by atoms with Crippen LogP contribution in [-0.2, 0) is 0 Å². The molecule has 56 heavy (non-hydrogen) atoms. The van der Waals surface area contributed by atoms with Crippen LogP contribution in [0.2, 0.25) is 0 Å². The summed E-state index contributed by atoms with van der Waals surface area (Å²) in [4.78, 5) is 13.7. The van der Waals surface area contributed by atoms with Gasteiger partial charge in [0.1, 0.15) is 11.2 Å². The molecule has 262 valence electrons. The first-order chi connectivity index (χ1) is 27.8. The number of pyridine rings is 2. The topological polar surface area (TPSA) is 58.5 Å². The van der Waals surface area contributed by atoms with Crippen LogP contribution in [0.3, 0.4) is 0 Å². The third-order valence-corrected chi connectivity index (χ3v) is 11.2. The van der Waals surface area contributed by atoms with Gasteiger partial charge in [0, 0.05) is 44.7 Å². The Bertz CT molecular complexity index is 3210. The highest BCUT2D eigenvalue weighted by atomic mass is 16.3. The molecule has 0 aliphatic rings. The monoisotopic (exact) mass is 718 g/mol. The second-order valence-electron chi connectivity index (χ2n) is 14.2. The lowest BCUT2D eigenvalue weighted by atomic mass is 9.91. The SMILES string of the molecule is c1cncc(N(c2ccc3ccc4c(N(c5cccnc5)c5cccc6c5oc5ccccc56)ccc5ccc2c3c54)c2cccc3c2oc2ccccc23)c1. The molecule has 0 atom stereocenters. The molecule has 4 aromatic heterocycles. The zero-order chi connectivity index (χ0) is 36.7. The first-order valence-electron chi connectivity index (χ1n) is 18.7. The number of benzene rings is 8. The maximum absolute atomic E-state index is 6.63. The van der Waals surface area contributed by atoms with E-state index in [-0.39, 0.29) is 0 Å². The van der Waals surface area contributed by atoms with Gasteiger partial charge in [-0.15, -0.1) is 0 Å². The maximum atomic E-state index is 6.63. The molecule has 12 aromatic rings. The second-order valence-corrected chi connectivity index (χ2v) is 14.2. The molecule has 0 aliphatic heterocycles. The fraction of sp³-hybridized carbons (Fsp3) is 0. The Morgan fingerprint density at radius 3 is 1.25 bits per heavy atom. The first-order valence-corrected chi connectivity index (χ1v) is 18.7. The van der Waals surface area contributed by atoms with Crippen molar-refractivity contribution in [3.8, 4) is 0 Å². The van der Waals surface area contributed by atoms with Gasteiger partial charge in [0.15, 0.2) is 11.2 Å². The average molecular weight is 719 g/mol. The van der Waals surface area contributed by atoms with Crippen molar-refractivity contribution in [2.75, 3.05) is 9.80 Å². The van der Waals surface area contributed by atoms with Crippen LogP contribution in [0.5, 0.6) is 0 Å². The normalized spacial score (nSPS) is 11.9. The van der Waals surface area contributed by atoms with Gasteiger partial charge in [-0.1, -0.05) is 97.1 Å². The summed E-state index contributed by atoms with van der Waals surface area (Å²) in [6.45, 7) is 0. The van der Waals surface area contributed by atoms with Crippen LogP contribution in [0.25, 0.3) is 76.2 Å². The van der Waals surface area contributed by atoms with Gasteiger partial charge in [-0.3, -0.25) is 9.97 Å². The number of hydrogen-bond acceptors (Lipinski definition) is 6. The van der Waals surface area contributed by atoms with Gasteiger partial charge in [0.25, 0.3) is 0 Å². The highest BCUT2D eigenvalue weighted by molar-refractivity contribution is 6.28. The smallest absolute Gasteiger partial charge is 0.159 e. The minimum Gasteiger partial charge on any atom is -0.454 e. The van der Waals surface area contributed by atoms with Crippen molar-refractivity contribution in [2.24, 2.45) is 0 Å². The van der Waals surface area contributed by atoms with Gasteiger partial charge in [-0.2, -0.15) is 0 Å². The molecule has 6 nitrogen and oxygen atoms in total. The highest BCUT2D eigenvalue weighted by Gasteiger charge is 2.25. The van der Waals surface area contributed by atoms with E-state index in [2.05, 4.69) is 141 Å². The van der Waals surface area contributed by atoms with Gasteiger partial charge >= 0.3 is 0 Å². The number of aromatic nitrogens is 2. The van der Waals surface area contributed by atoms with Crippen molar-refractivity contribution in [2.45, 2.75) is 0 Å². The first kappa shape index (κ1) is 30.7. The molecular weight excluding hydrogens is 689 g/mol. The molecule has 6 heteroatoms. The molecule has 12 rings (SSSR count). The Balaban J connectivity index is 1.13. The van der Waals surface area contributed by atoms with Crippen molar-refractivity contribution in [3.63, 3.8) is 0 Å². The van der Waals surface area contributed by atoms with E-state index in [1.807, 2.05) is 61.2 Å². The summed E-state index contributed by atoms with van der Waals surface area (Å²) in [6, 6.07) is 55.3. The molecule has 0 saturated heterocycles. The van der Waals surface area contributed by atoms with Gasteiger partial charge < -0.3 is 18.6 Å². The highest BCUT2D eigenvalue weighted by Crippen LogP contribution is 2.50. The predicted molar refractivity (Wildman–Crippen MR) is 230 cm³/mol. The van der Waals surface area contributed by atoms with Crippen LogP contribution in [-0.4, -0.2) is 9.97 Å². The number of hydrogen-bond donors (Lipinski definition) is 0. The molecule has 0 radical (unpaired) electrons. The van der Waals surface area contributed by atoms with Gasteiger partial charge in [0.05, 0.1) is 46.5 Å². The van der Waals surface area contributed by atoms with Crippen LogP contribution >= 0.6 is 0 Å². The Morgan fingerprint density at radius 2 is 0.786 bits per heavy atom. The number of fused-ring (bicyclic) bond motifs is 6. The van der Waals surface area contributed by atoms with Crippen LogP contribution in [0, 0.1) is 0 Å². The van der Waals surface area contributed by atoms with Crippen molar-refractivity contribution in [1.29, 1.82) is 0 Å². The summed E-state index contributed by atoms with van der Waals surface area (Å²) in [7, 11) is 0. The predicted octanol–water partition coefficient (Wildman–Crippen LogP) is 14.1. The molecule has 0 saturated carbocycles. The van der Waals surface area contributed by atoms with Crippen LogP contribution in [0.4, 0.5) is 34.1 Å². The average Bonchev–Trinajstić information content (AvgIpc) is 3.84. The zero-order valence-electron chi connectivity index (χ0n) is 29.9. The van der Waals surface area contributed by atoms with E-state index in [1.54, 1.807) is 0 Å². The Kier molecular flexibility index (Phi) is 6.53. The van der Waals surface area contributed by atoms with Crippen LogP contribution < -0.4 is 9.80 Å². The molecule has 0 N–H and O–H groups in total. The summed E-state index contributed by atoms with van der Waals surface area (Å²) < 4.78 is 13.3. The Morgan fingerprint density at radius 1 is 0.339 bits per heavy atom. The van der Waals surface area contributed by atoms with Crippen molar-refractivity contribution in [1.82, 2.24) is 9.97 Å². The number of nitrogens with zero attached hydrogens (tertiary/aromatic N) is 4. The summed E-state index contributed by atoms with van der Waals surface area (Å²) in [6.07, 6.45) is 7.47. The lowest BCUT2D eigenvalue weighted by Crippen LogP contribution is -2.12. The largest absolute Gasteiger partial charge is 0.454 e. The summed E-state index contributed by atoms with van der Waals surface area (Å²) in [5, 5.41) is 11.3. The summed E-state index contributed by atoms with van der Waals surface area (Å²) in [5.41, 5.74) is 9.24. The van der Waals surface area contributed by atoms with Gasteiger partial charge in [0.2, 0.25) is 0 Å². The van der Waals surface area contributed by atoms with E-state index in [4.69, 9.17) is 8.83 Å². The molecule has 8 aromatic carbocycles. The van der Waals surface area contributed by atoms with Crippen molar-refractivity contribution < 1.29 is 8.83 Å². The molecule has 0 amide bonds. The van der Waals surface area contributed by atoms with E-state index >= 15 is 0 Å². The van der Waals surface area contributed by atoms with E-state index in [0.29, 0.717) is 0 Å². The molecule has 0 aliphatic carbocycles. The summed E-state index contributed by atoms with van der Waals surface area (Å²) >= 11 is 0. The third-order valence-electron chi connectivity index (χ3n) is 11.2. The number of rotatable bonds is 6. The molecule has 0 fully saturated rings. The van der Waals surface area contributed by atoms with Crippen molar-refractivity contribution >= 4 is 110 Å². The Labute approximate surface area is 320 Å². The molecule has 0 spiro atoms. The van der Waals surface area contributed by atoms with Gasteiger partial charge in [-0.25, -0.2) is 0 Å². The van der Waals surface area contributed by atoms with E-state index in [0.717, 1.165) is 88.8 Å². The number of furan rings is 2. The van der Waals surface area contributed by atoms with Crippen molar-refractivity contribution in [3.05, 3.63) is 183 Å². The Hall–Kier alpha value is -7.70. The molecular formula is C50H30N4O2. The van der Waals surface area contributed by atoms with E-state index in [9.17, 15) is 0 Å². The van der Waals surface area contributed by atoms with E-state index in [1.165, 1.54) is 21.5 Å². The standard InChI is InChI=1S/C50H30N4O2/c1-3-17-45-35(11-1)37-13-5-15-43(49(37)55-45)53(33-9-7-27-51-29-33)41-25-21-31-20-24-40-42(26-22-32-19-23-39(41)47(31)48(32)40)54(34-10-8-28-52-30-34)44-16-6-14-38-36-12-2-4-18-46(36)56-50(38)44/h1-30H. The minimum atomic E-state index is 0.831. The minimum absolute atomic E-state index is 0.831.